The number of hydrogen-bond donors (Lipinski definition) is 2. The van der Waals surface area contributed by atoms with Crippen LogP contribution in [0.25, 0.3) is 0 Å². The van der Waals surface area contributed by atoms with Crippen molar-refractivity contribution in [2.75, 3.05) is 27.7 Å². The van der Waals surface area contributed by atoms with Crippen LogP contribution in [0.1, 0.15) is 16.6 Å². The summed E-state index contributed by atoms with van der Waals surface area (Å²) in [5.74, 6) is -0.363. The van der Waals surface area contributed by atoms with Crippen molar-refractivity contribution in [3.63, 3.8) is 0 Å². The third-order valence-corrected chi connectivity index (χ3v) is 5.56. The van der Waals surface area contributed by atoms with E-state index in [0.717, 1.165) is 15.6 Å². The van der Waals surface area contributed by atoms with E-state index in [1.165, 1.54) is 20.2 Å². The molecule has 0 spiro atoms. The first-order chi connectivity index (χ1) is 8.80. The highest BCUT2D eigenvalue weighted by Gasteiger charge is 2.25. The van der Waals surface area contributed by atoms with Gasteiger partial charge in [-0.25, -0.2) is 12.7 Å². The monoisotopic (exact) mass is 341 g/mol. The average Bonchev–Trinajstić information content (AvgIpc) is 2.84. The van der Waals surface area contributed by atoms with Gasteiger partial charge in [0.2, 0.25) is 10.0 Å². The zero-order valence-electron chi connectivity index (χ0n) is 11.8. The molecule has 1 aromatic heterocycles. The Balaban J connectivity index is 0.00000361. The maximum absolute atomic E-state index is 12.1. The molecule has 6 nitrogen and oxygen atoms in total. The van der Waals surface area contributed by atoms with Crippen molar-refractivity contribution in [2.24, 2.45) is 0 Å². The zero-order valence-corrected chi connectivity index (χ0v) is 14.3. The molecule has 1 atom stereocenters. The van der Waals surface area contributed by atoms with Crippen LogP contribution < -0.4 is 10.6 Å². The third-order valence-electron chi connectivity index (χ3n) is 2.66. The van der Waals surface area contributed by atoms with E-state index < -0.39 is 10.0 Å². The van der Waals surface area contributed by atoms with Crippen LogP contribution in [-0.2, 0) is 10.0 Å². The van der Waals surface area contributed by atoms with E-state index in [1.807, 2.05) is 6.92 Å². The molecule has 0 radical (unpaired) electrons. The van der Waals surface area contributed by atoms with Crippen LogP contribution in [-0.4, -0.2) is 52.4 Å². The van der Waals surface area contributed by atoms with Crippen LogP contribution in [0, 0.1) is 0 Å². The summed E-state index contributed by atoms with van der Waals surface area (Å²) in [6.45, 7) is 2.36. The maximum Gasteiger partial charge on any atom is 0.262 e. The summed E-state index contributed by atoms with van der Waals surface area (Å²) in [5, 5.41) is 7.31. The number of thiophene rings is 1. The fourth-order valence-electron chi connectivity index (χ4n) is 1.29. The van der Waals surface area contributed by atoms with Gasteiger partial charge in [-0.3, -0.25) is 4.79 Å². The van der Waals surface area contributed by atoms with Gasteiger partial charge in [0.05, 0.1) is 0 Å². The molecule has 1 aromatic rings. The molecule has 1 heterocycles. The van der Waals surface area contributed by atoms with Crippen LogP contribution in [0.3, 0.4) is 0 Å². The lowest BCUT2D eigenvalue weighted by molar-refractivity contribution is 0.0951. The molecule has 0 saturated carbocycles. The van der Waals surface area contributed by atoms with Gasteiger partial charge in [0, 0.05) is 26.7 Å². The fourth-order valence-corrected chi connectivity index (χ4v) is 3.50. The largest absolute Gasteiger partial charge is 0.350 e. The Labute approximate surface area is 130 Å². The molecule has 9 heteroatoms. The van der Waals surface area contributed by atoms with E-state index in [9.17, 15) is 13.2 Å². The Hall–Kier alpha value is -0.670. The molecule has 0 saturated heterocycles. The van der Waals surface area contributed by atoms with Crippen LogP contribution in [0.2, 0.25) is 0 Å². The van der Waals surface area contributed by atoms with E-state index in [0.29, 0.717) is 6.54 Å². The Bertz CT molecular complexity index is 543. The highest BCUT2D eigenvalue weighted by molar-refractivity contribution is 7.89. The van der Waals surface area contributed by atoms with Crippen molar-refractivity contribution in [1.29, 1.82) is 0 Å². The van der Waals surface area contributed by atoms with Crippen molar-refractivity contribution in [3.8, 4) is 0 Å². The first-order valence-corrected chi connectivity index (χ1v) is 8.08. The van der Waals surface area contributed by atoms with E-state index in [4.69, 9.17) is 0 Å². The number of carbonyl (C=O) groups excluding carboxylic acids is 1. The van der Waals surface area contributed by atoms with Crippen molar-refractivity contribution in [3.05, 3.63) is 16.3 Å². The molecule has 1 unspecified atom stereocenters. The Kier molecular flexibility index (Phi) is 7.67. The molecule has 2 N–H and O–H groups in total. The van der Waals surface area contributed by atoms with E-state index in [-0.39, 0.29) is 34.1 Å². The standard InChI is InChI=1S/C11H19N3O3S2.ClH/c1-8(12-2)7-13-11(15)10-9(5-6-18-10)19(16,17)14(3)4;/h5-6,8,12H,7H2,1-4H3,(H,13,15);1H. The number of halogens is 1. The van der Waals surface area contributed by atoms with Gasteiger partial charge in [0.15, 0.2) is 0 Å². The summed E-state index contributed by atoms with van der Waals surface area (Å²) in [7, 11) is 1.09. The molecular weight excluding hydrogens is 322 g/mol. The van der Waals surface area contributed by atoms with E-state index >= 15 is 0 Å². The van der Waals surface area contributed by atoms with Gasteiger partial charge in [-0.2, -0.15) is 0 Å². The molecule has 0 aliphatic heterocycles. The Morgan fingerprint density at radius 2 is 2.05 bits per heavy atom. The summed E-state index contributed by atoms with van der Waals surface area (Å²) < 4.78 is 25.2. The van der Waals surface area contributed by atoms with E-state index in [2.05, 4.69) is 10.6 Å². The number of amides is 1. The number of likely N-dealkylation sites (N-methyl/N-ethyl adjacent to an activating group) is 1. The third kappa shape index (κ3) is 4.42. The fraction of sp³-hybridized carbons (Fsp3) is 0.545. The van der Waals surface area contributed by atoms with Gasteiger partial charge < -0.3 is 10.6 Å². The van der Waals surface area contributed by atoms with Gasteiger partial charge in [-0.15, -0.1) is 23.7 Å². The van der Waals surface area contributed by atoms with Crippen LogP contribution in [0.15, 0.2) is 16.3 Å². The molecular formula is C11H20ClN3O3S2. The summed E-state index contributed by atoms with van der Waals surface area (Å²) in [6.07, 6.45) is 0. The number of nitrogens with zero attached hydrogens (tertiary/aromatic N) is 1. The van der Waals surface area contributed by atoms with Crippen molar-refractivity contribution in [2.45, 2.75) is 17.9 Å². The summed E-state index contributed by atoms with van der Waals surface area (Å²) >= 11 is 1.12. The van der Waals surface area contributed by atoms with Gasteiger partial charge >= 0.3 is 0 Å². The second kappa shape index (κ2) is 7.94. The molecule has 116 valence electrons. The minimum atomic E-state index is -3.59. The van der Waals surface area contributed by atoms with Crippen molar-refractivity contribution in [1.82, 2.24) is 14.9 Å². The highest BCUT2D eigenvalue weighted by atomic mass is 35.5. The minimum Gasteiger partial charge on any atom is -0.350 e. The number of sulfonamides is 1. The molecule has 0 bridgehead atoms. The quantitative estimate of drug-likeness (QED) is 0.800. The lowest BCUT2D eigenvalue weighted by atomic mass is 10.3. The number of rotatable bonds is 6. The molecule has 0 aliphatic rings. The number of nitrogens with one attached hydrogen (secondary N) is 2. The Morgan fingerprint density at radius 3 is 2.55 bits per heavy atom. The van der Waals surface area contributed by atoms with Crippen LogP contribution in [0.4, 0.5) is 0 Å². The predicted molar refractivity (Wildman–Crippen MR) is 83.3 cm³/mol. The molecule has 20 heavy (non-hydrogen) atoms. The lowest BCUT2D eigenvalue weighted by Gasteiger charge is -2.13. The second-order valence-corrected chi connectivity index (χ2v) is 7.34. The van der Waals surface area contributed by atoms with Gasteiger partial charge in [0.1, 0.15) is 9.77 Å². The first-order valence-electron chi connectivity index (χ1n) is 5.76. The number of hydrogen-bond acceptors (Lipinski definition) is 5. The molecule has 1 amide bonds. The van der Waals surface area contributed by atoms with Crippen molar-refractivity contribution >= 4 is 39.7 Å². The summed E-state index contributed by atoms with van der Waals surface area (Å²) in [4.78, 5) is 12.3. The molecule has 0 fully saturated rings. The predicted octanol–water partition coefficient (Wildman–Crippen LogP) is 0.758. The average molecular weight is 342 g/mol. The minimum absolute atomic E-state index is 0. The zero-order chi connectivity index (χ0) is 14.6. The Morgan fingerprint density at radius 1 is 1.45 bits per heavy atom. The highest BCUT2D eigenvalue weighted by Crippen LogP contribution is 2.23. The van der Waals surface area contributed by atoms with Crippen molar-refractivity contribution < 1.29 is 13.2 Å². The molecule has 0 aromatic carbocycles. The maximum atomic E-state index is 12.1. The van der Waals surface area contributed by atoms with Crippen LogP contribution in [0.5, 0.6) is 0 Å². The smallest absolute Gasteiger partial charge is 0.262 e. The topological polar surface area (TPSA) is 78.5 Å². The summed E-state index contributed by atoms with van der Waals surface area (Å²) in [6, 6.07) is 1.58. The summed E-state index contributed by atoms with van der Waals surface area (Å²) in [5.41, 5.74) is 0. The van der Waals surface area contributed by atoms with Gasteiger partial charge in [-0.05, 0) is 25.4 Å². The molecule has 1 rings (SSSR count). The lowest BCUT2D eigenvalue weighted by Crippen LogP contribution is -2.37. The normalized spacial score (nSPS) is 12.8. The SMILES string of the molecule is CNC(C)CNC(=O)c1sccc1S(=O)(=O)N(C)C.Cl. The number of carbonyl (C=O) groups is 1. The first kappa shape index (κ1) is 19.3. The van der Waals surface area contributed by atoms with Gasteiger partial charge in [-0.1, -0.05) is 0 Å². The van der Waals surface area contributed by atoms with E-state index in [1.54, 1.807) is 12.4 Å². The van der Waals surface area contributed by atoms with Gasteiger partial charge in [0.25, 0.3) is 5.91 Å². The second-order valence-electron chi connectivity index (χ2n) is 4.30. The molecule has 0 aliphatic carbocycles. The van der Waals surface area contributed by atoms with Crippen LogP contribution >= 0.6 is 23.7 Å².